The van der Waals surface area contributed by atoms with Gasteiger partial charge in [-0.2, -0.15) is 0 Å². The predicted octanol–water partition coefficient (Wildman–Crippen LogP) is 3.89. The topological polar surface area (TPSA) is 26.0 Å². The molecule has 0 fully saturated rings. The summed E-state index contributed by atoms with van der Waals surface area (Å²) in [5.74, 6) is 0.350. The molecule has 15 heavy (non-hydrogen) atoms. The number of furan rings is 1. The van der Waals surface area contributed by atoms with Gasteiger partial charge in [0.1, 0.15) is 18.0 Å². The first-order valence-electron chi connectivity index (χ1n) is 5.27. The van der Waals surface area contributed by atoms with E-state index in [0.29, 0.717) is 5.76 Å². The molecule has 2 aromatic heterocycles. The first-order chi connectivity index (χ1) is 7.35. The second kappa shape index (κ2) is 5.49. The molecule has 0 aliphatic heterocycles. The van der Waals surface area contributed by atoms with E-state index in [0.717, 1.165) is 23.1 Å². The van der Waals surface area contributed by atoms with Crippen LogP contribution >= 0.6 is 0 Å². The highest BCUT2D eigenvalue weighted by atomic mass is 19.1. The van der Waals surface area contributed by atoms with Gasteiger partial charge in [0.15, 0.2) is 5.58 Å². The molecule has 0 unspecified atom stereocenters. The SMILES string of the molecule is CC.CCc1ccnc2cc(CF)oc12. The van der Waals surface area contributed by atoms with Crippen molar-refractivity contribution in [2.45, 2.75) is 33.9 Å². The van der Waals surface area contributed by atoms with Crippen LogP contribution in [0, 0.1) is 0 Å². The number of aryl methyl sites for hydroxylation is 1. The second-order valence-electron chi connectivity index (χ2n) is 2.88. The van der Waals surface area contributed by atoms with Crippen molar-refractivity contribution >= 4 is 11.1 Å². The Bertz CT molecular complexity index is 422. The van der Waals surface area contributed by atoms with Crippen LogP contribution in [0.5, 0.6) is 0 Å². The Hall–Kier alpha value is -1.38. The van der Waals surface area contributed by atoms with Crippen LogP contribution in [0.25, 0.3) is 11.1 Å². The summed E-state index contributed by atoms with van der Waals surface area (Å²) in [4.78, 5) is 4.10. The average Bonchev–Trinajstić information content (AvgIpc) is 2.74. The van der Waals surface area contributed by atoms with Gasteiger partial charge in [-0.15, -0.1) is 0 Å². The smallest absolute Gasteiger partial charge is 0.156 e. The Labute approximate surface area is 89.1 Å². The van der Waals surface area contributed by atoms with Crippen LogP contribution in [-0.2, 0) is 13.1 Å². The zero-order valence-electron chi connectivity index (χ0n) is 9.38. The van der Waals surface area contributed by atoms with E-state index in [2.05, 4.69) is 4.98 Å². The zero-order valence-corrected chi connectivity index (χ0v) is 9.38. The fraction of sp³-hybridized carbons (Fsp3) is 0.417. The van der Waals surface area contributed by atoms with E-state index in [9.17, 15) is 4.39 Å². The number of nitrogens with zero attached hydrogens (tertiary/aromatic N) is 1. The van der Waals surface area contributed by atoms with E-state index >= 15 is 0 Å². The van der Waals surface area contributed by atoms with E-state index in [4.69, 9.17) is 4.42 Å². The lowest BCUT2D eigenvalue weighted by molar-refractivity contribution is 0.406. The Balaban J connectivity index is 0.000000531. The molecule has 82 valence electrons. The molecule has 0 saturated carbocycles. The molecule has 2 aromatic rings. The van der Waals surface area contributed by atoms with Crippen LogP contribution in [0.3, 0.4) is 0 Å². The summed E-state index contributed by atoms with van der Waals surface area (Å²) in [5, 5.41) is 0. The number of aromatic nitrogens is 1. The monoisotopic (exact) mass is 209 g/mol. The standard InChI is InChI=1S/C10H10FNO.C2H6/c1-2-7-3-4-12-9-5-8(6-11)13-10(7)9;1-2/h3-5H,2,6H2,1H3;1-2H3. The van der Waals surface area contributed by atoms with E-state index in [1.54, 1.807) is 12.3 Å². The van der Waals surface area contributed by atoms with Crippen LogP contribution in [0.2, 0.25) is 0 Å². The summed E-state index contributed by atoms with van der Waals surface area (Å²) < 4.78 is 17.6. The first-order valence-corrected chi connectivity index (χ1v) is 5.27. The fourth-order valence-electron chi connectivity index (χ4n) is 1.38. The van der Waals surface area contributed by atoms with Gasteiger partial charge < -0.3 is 4.42 Å². The van der Waals surface area contributed by atoms with Gasteiger partial charge in [0, 0.05) is 12.3 Å². The summed E-state index contributed by atoms with van der Waals surface area (Å²) in [6, 6.07) is 3.54. The average molecular weight is 209 g/mol. The van der Waals surface area contributed by atoms with Crippen molar-refractivity contribution in [2.24, 2.45) is 0 Å². The second-order valence-corrected chi connectivity index (χ2v) is 2.88. The van der Waals surface area contributed by atoms with Gasteiger partial charge in [0.2, 0.25) is 0 Å². The molecule has 0 atom stereocenters. The molecule has 2 rings (SSSR count). The molecule has 0 aromatic carbocycles. The molecule has 0 aliphatic rings. The Morgan fingerprint density at radius 2 is 2.13 bits per heavy atom. The van der Waals surface area contributed by atoms with Crippen molar-refractivity contribution in [2.75, 3.05) is 0 Å². The number of alkyl halides is 1. The summed E-state index contributed by atoms with van der Waals surface area (Å²) >= 11 is 0. The van der Waals surface area contributed by atoms with Gasteiger partial charge in [-0.3, -0.25) is 4.98 Å². The van der Waals surface area contributed by atoms with Crippen molar-refractivity contribution in [1.82, 2.24) is 4.98 Å². The number of hydrogen-bond acceptors (Lipinski definition) is 2. The van der Waals surface area contributed by atoms with Crippen molar-refractivity contribution in [3.63, 3.8) is 0 Å². The normalized spacial score (nSPS) is 9.87. The molecule has 0 N–H and O–H groups in total. The lowest BCUT2D eigenvalue weighted by Crippen LogP contribution is -1.81. The molecule has 0 radical (unpaired) electrons. The van der Waals surface area contributed by atoms with Crippen LogP contribution in [0.4, 0.5) is 4.39 Å². The Kier molecular flexibility index (Phi) is 4.28. The van der Waals surface area contributed by atoms with E-state index in [1.807, 2.05) is 26.8 Å². The largest absolute Gasteiger partial charge is 0.456 e. The molecule has 0 spiro atoms. The number of hydrogen-bond donors (Lipinski definition) is 0. The third-order valence-corrected chi connectivity index (χ3v) is 2.06. The van der Waals surface area contributed by atoms with Crippen LogP contribution in [-0.4, -0.2) is 4.98 Å². The van der Waals surface area contributed by atoms with Crippen LogP contribution < -0.4 is 0 Å². The molecular weight excluding hydrogens is 193 g/mol. The number of rotatable bonds is 2. The zero-order chi connectivity index (χ0) is 11.3. The predicted molar refractivity (Wildman–Crippen MR) is 59.5 cm³/mol. The molecule has 2 heterocycles. The van der Waals surface area contributed by atoms with Gasteiger partial charge >= 0.3 is 0 Å². The summed E-state index contributed by atoms with van der Waals surface area (Å²) in [7, 11) is 0. The Morgan fingerprint density at radius 3 is 2.73 bits per heavy atom. The maximum atomic E-state index is 12.3. The molecule has 0 aliphatic carbocycles. The van der Waals surface area contributed by atoms with Crippen LogP contribution in [0.1, 0.15) is 32.1 Å². The van der Waals surface area contributed by atoms with Gasteiger partial charge in [-0.25, -0.2) is 4.39 Å². The minimum absolute atomic E-state index is 0.350. The first kappa shape index (κ1) is 11.7. The van der Waals surface area contributed by atoms with Crippen LogP contribution in [0.15, 0.2) is 22.7 Å². The highest BCUT2D eigenvalue weighted by molar-refractivity contribution is 5.76. The van der Waals surface area contributed by atoms with Crippen molar-refractivity contribution in [1.29, 1.82) is 0 Å². The van der Waals surface area contributed by atoms with Crippen molar-refractivity contribution in [3.05, 3.63) is 29.7 Å². The van der Waals surface area contributed by atoms with Gasteiger partial charge in [-0.05, 0) is 18.1 Å². The minimum atomic E-state index is -0.570. The van der Waals surface area contributed by atoms with Crippen molar-refractivity contribution < 1.29 is 8.81 Å². The van der Waals surface area contributed by atoms with Gasteiger partial charge in [0.25, 0.3) is 0 Å². The highest BCUT2D eigenvalue weighted by Crippen LogP contribution is 2.21. The number of fused-ring (bicyclic) bond motifs is 1. The molecule has 2 nitrogen and oxygen atoms in total. The molecular formula is C12H16FNO. The summed E-state index contributed by atoms with van der Waals surface area (Å²) in [6.07, 6.45) is 2.59. The maximum absolute atomic E-state index is 12.3. The third-order valence-electron chi connectivity index (χ3n) is 2.06. The molecule has 0 amide bonds. The number of halogens is 1. The summed E-state index contributed by atoms with van der Waals surface area (Å²) in [6.45, 7) is 5.46. The molecule has 3 heteroatoms. The quantitative estimate of drug-likeness (QED) is 0.750. The third kappa shape index (κ3) is 2.35. The highest BCUT2D eigenvalue weighted by Gasteiger charge is 2.07. The summed E-state index contributed by atoms with van der Waals surface area (Å²) in [5.41, 5.74) is 2.54. The molecule has 0 saturated heterocycles. The van der Waals surface area contributed by atoms with Crippen molar-refractivity contribution in [3.8, 4) is 0 Å². The van der Waals surface area contributed by atoms with Gasteiger partial charge in [-0.1, -0.05) is 20.8 Å². The minimum Gasteiger partial charge on any atom is -0.456 e. The van der Waals surface area contributed by atoms with E-state index in [1.165, 1.54) is 0 Å². The van der Waals surface area contributed by atoms with E-state index in [-0.39, 0.29) is 0 Å². The fourth-order valence-corrected chi connectivity index (χ4v) is 1.38. The maximum Gasteiger partial charge on any atom is 0.156 e. The van der Waals surface area contributed by atoms with E-state index < -0.39 is 6.67 Å². The lowest BCUT2D eigenvalue weighted by atomic mass is 10.2. The van der Waals surface area contributed by atoms with Gasteiger partial charge in [0.05, 0.1) is 0 Å². The number of pyridine rings is 1. The molecule has 0 bridgehead atoms. The Morgan fingerprint density at radius 1 is 1.40 bits per heavy atom. The lowest BCUT2D eigenvalue weighted by Gasteiger charge is -1.95.